The molecule has 2 heterocycles. The van der Waals surface area contributed by atoms with Gasteiger partial charge in [0.05, 0.1) is 5.52 Å². The molecule has 1 aromatic carbocycles. The summed E-state index contributed by atoms with van der Waals surface area (Å²) in [5.41, 5.74) is 7.60. The highest BCUT2D eigenvalue weighted by Crippen LogP contribution is 2.12. The van der Waals surface area contributed by atoms with E-state index < -0.39 is 5.91 Å². The topological polar surface area (TPSA) is 68.9 Å². The van der Waals surface area contributed by atoms with Gasteiger partial charge in [-0.3, -0.25) is 14.8 Å². The van der Waals surface area contributed by atoms with Crippen molar-refractivity contribution in [3.05, 3.63) is 72.2 Å². The molecule has 0 saturated heterocycles. The lowest BCUT2D eigenvalue weighted by atomic mass is 10.1. The van der Waals surface area contributed by atoms with Crippen molar-refractivity contribution in [2.75, 3.05) is 0 Å². The molecule has 0 aliphatic heterocycles. The van der Waals surface area contributed by atoms with E-state index in [4.69, 9.17) is 5.73 Å². The summed E-state index contributed by atoms with van der Waals surface area (Å²) in [6.45, 7) is 1.97. The van der Waals surface area contributed by atoms with Gasteiger partial charge in [-0.15, -0.1) is 0 Å². The number of pyridine rings is 2. The zero-order valence-corrected chi connectivity index (χ0v) is 11.2. The van der Waals surface area contributed by atoms with Crippen LogP contribution in [0.25, 0.3) is 10.9 Å². The molecule has 0 aliphatic carbocycles. The molecule has 0 atom stereocenters. The molecule has 0 aliphatic rings. The number of rotatable bonds is 1. The lowest BCUT2D eigenvalue weighted by Crippen LogP contribution is -2.10. The summed E-state index contributed by atoms with van der Waals surface area (Å²) < 4.78 is 0. The van der Waals surface area contributed by atoms with Gasteiger partial charge in [0.1, 0.15) is 0 Å². The van der Waals surface area contributed by atoms with Crippen LogP contribution in [0, 0.1) is 6.92 Å². The first-order valence-corrected chi connectivity index (χ1v) is 6.19. The highest BCUT2D eigenvalue weighted by Gasteiger charge is 2.00. The summed E-state index contributed by atoms with van der Waals surface area (Å²) >= 11 is 0. The van der Waals surface area contributed by atoms with Crippen LogP contribution < -0.4 is 5.73 Å². The Kier molecular flexibility index (Phi) is 4.39. The van der Waals surface area contributed by atoms with Crippen molar-refractivity contribution >= 4 is 16.8 Å². The molecule has 4 nitrogen and oxygen atoms in total. The fourth-order valence-corrected chi connectivity index (χ4v) is 1.68. The number of aryl methyl sites for hydroxylation is 1. The highest BCUT2D eigenvalue weighted by molar-refractivity contribution is 5.96. The molecular formula is C16H15N3O. The van der Waals surface area contributed by atoms with Crippen molar-refractivity contribution in [3.8, 4) is 0 Å². The largest absolute Gasteiger partial charge is 0.366 e. The summed E-state index contributed by atoms with van der Waals surface area (Å²) in [6, 6.07) is 14.8. The molecule has 2 N–H and O–H groups in total. The summed E-state index contributed by atoms with van der Waals surface area (Å²) in [6.07, 6.45) is 3.50. The van der Waals surface area contributed by atoms with Crippen molar-refractivity contribution in [2.45, 2.75) is 6.92 Å². The molecule has 3 aromatic rings. The molecule has 0 unspecified atom stereocenters. The van der Waals surface area contributed by atoms with E-state index in [-0.39, 0.29) is 0 Å². The van der Waals surface area contributed by atoms with Gasteiger partial charge in [0.15, 0.2) is 0 Å². The Balaban J connectivity index is 0.000000178. The predicted octanol–water partition coefficient (Wildman–Crippen LogP) is 2.72. The molecule has 0 spiro atoms. The van der Waals surface area contributed by atoms with E-state index >= 15 is 0 Å². The van der Waals surface area contributed by atoms with Gasteiger partial charge in [0.2, 0.25) is 5.91 Å². The van der Waals surface area contributed by atoms with E-state index in [1.165, 1.54) is 0 Å². The highest BCUT2D eigenvalue weighted by atomic mass is 16.1. The number of primary amides is 1. The fraction of sp³-hybridized carbons (Fsp3) is 0.0625. The van der Waals surface area contributed by atoms with E-state index in [1.54, 1.807) is 30.6 Å². The van der Waals surface area contributed by atoms with Crippen LogP contribution in [-0.2, 0) is 0 Å². The smallest absolute Gasteiger partial charge is 0.248 e. The van der Waals surface area contributed by atoms with Gasteiger partial charge < -0.3 is 5.73 Å². The Hall–Kier alpha value is -2.75. The van der Waals surface area contributed by atoms with E-state index in [0.717, 1.165) is 16.6 Å². The second kappa shape index (κ2) is 6.43. The number of hydrogen-bond acceptors (Lipinski definition) is 3. The molecule has 100 valence electrons. The SMILES string of the molecule is Cc1ccccn1.NC(=O)c1ccc2ncccc2c1. The van der Waals surface area contributed by atoms with Crippen LogP contribution in [0.1, 0.15) is 16.1 Å². The van der Waals surface area contributed by atoms with Crippen LogP contribution in [0.3, 0.4) is 0 Å². The van der Waals surface area contributed by atoms with Crippen LogP contribution in [0.4, 0.5) is 0 Å². The lowest BCUT2D eigenvalue weighted by molar-refractivity contribution is 0.100. The maximum atomic E-state index is 10.8. The monoisotopic (exact) mass is 265 g/mol. The quantitative estimate of drug-likeness (QED) is 0.735. The van der Waals surface area contributed by atoms with Gasteiger partial charge >= 0.3 is 0 Å². The zero-order valence-electron chi connectivity index (χ0n) is 11.2. The average molecular weight is 265 g/mol. The Bertz CT molecular complexity index is 711. The average Bonchev–Trinajstić information content (AvgIpc) is 2.48. The summed E-state index contributed by atoms with van der Waals surface area (Å²) in [5, 5.41) is 0.929. The molecule has 20 heavy (non-hydrogen) atoms. The van der Waals surface area contributed by atoms with Crippen molar-refractivity contribution < 1.29 is 4.79 Å². The third-order valence-corrected chi connectivity index (χ3v) is 2.70. The van der Waals surface area contributed by atoms with Crippen LogP contribution in [0.2, 0.25) is 0 Å². The number of benzene rings is 1. The molecule has 0 bridgehead atoms. The number of amides is 1. The number of carbonyl (C=O) groups excluding carboxylic acids is 1. The third-order valence-electron chi connectivity index (χ3n) is 2.70. The minimum absolute atomic E-state index is 0.411. The van der Waals surface area contributed by atoms with Gasteiger partial charge in [-0.05, 0) is 43.3 Å². The number of hydrogen-bond donors (Lipinski definition) is 1. The molecule has 2 aromatic heterocycles. The molecule has 1 amide bonds. The normalized spacial score (nSPS) is 9.65. The summed E-state index contributed by atoms with van der Waals surface area (Å²) in [5.74, 6) is -0.411. The molecule has 0 saturated carbocycles. The van der Waals surface area contributed by atoms with Crippen molar-refractivity contribution in [3.63, 3.8) is 0 Å². The van der Waals surface area contributed by atoms with Crippen molar-refractivity contribution in [2.24, 2.45) is 5.73 Å². The number of carbonyl (C=O) groups is 1. The van der Waals surface area contributed by atoms with E-state index in [1.807, 2.05) is 37.3 Å². The van der Waals surface area contributed by atoms with E-state index in [0.29, 0.717) is 5.56 Å². The number of nitrogens with zero attached hydrogens (tertiary/aromatic N) is 2. The number of fused-ring (bicyclic) bond motifs is 1. The van der Waals surface area contributed by atoms with Gasteiger partial charge in [-0.1, -0.05) is 12.1 Å². The first-order valence-electron chi connectivity index (χ1n) is 6.19. The van der Waals surface area contributed by atoms with Crippen molar-refractivity contribution in [1.29, 1.82) is 0 Å². The first-order chi connectivity index (χ1) is 9.66. The van der Waals surface area contributed by atoms with Gasteiger partial charge in [-0.25, -0.2) is 0 Å². The molecule has 3 rings (SSSR count). The molecular weight excluding hydrogens is 250 g/mol. The van der Waals surface area contributed by atoms with Gasteiger partial charge in [0.25, 0.3) is 0 Å². The predicted molar refractivity (Wildman–Crippen MR) is 79.2 cm³/mol. The summed E-state index contributed by atoms with van der Waals surface area (Å²) in [7, 11) is 0. The van der Waals surface area contributed by atoms with Gasteiger partial charge in [-0.2, -0.15) is 0 Å². The fourth-order valence-electron chi connectivity index (χ4n) is 1.68. The van der Waals surface area contributed by atoms with Crippen LogP contribution >= 0.6 is 0 Å². The minimum Gasteiger partial charge on any atom is -0.366 e. The van der Waals surface area contributed by atoms with Crippen molar-refractivity contribution in [1.82, 2.24) is 9.97 Å². The minimum atomic E-state index is -0.411. The number of nitrogens with two attached hydrogens (primary N) is 1. The molecule has 0 radical (unpaired) electrons. The Morgan fingerprint density at radius 1 is 1.00 bits per heavy atom. The zero-order chi connectivity index (χ0) is 14.4. The van der Waals surface area contributed by atoms with E-state index in [9.17, 15) is 4.79 Å². The maximum absolute atomic E-state index is 10.8. The molecule has 0 fully saturated rings. The lowest BCUT2D eigenvalue weighted by Gasteiger charge is -1.98. The Labute approximate surface area is 117 Å². The van der Waals surface area contributed by atoms with Crippen LogP contribution in [0.5, 0.6) is 0 Å². The Morgan fingerprint density at radius 2 is 1.80 bits per heavy atom. The third kappa shape index (κ3) is 3.62. The van der Waals surface area contributed by atoms with Crippen LogP contribution in [-0.4, -0.2) is 15.9 Å². The molecule has 4 heteroatoms. The number of aromatic nitrogens is 2. The first kappa shape index (κ1) is 13.7. The summed E-state index contributed by atoms with van der Waals surface area (Å²) in [4.78, 5) is 19.0. The van der Waals surface area contributed by atoms with E-state index in [2.05, 4.69) is 9.97 Å². The maximum Gasteiger partial charge on any atom is 0.248 e. The van der Waals surface area contributed by atoms with Crippen LogP contribution in [0.15, 0.2) is 60.9 Å². The Morgan fingerprint density at radius 3 is 2.40 bits per heavy atom. The second-order valence-corrected chi connectivity index (χ2v) is 4.25. The standard InChI is InChI=1S/C10H8N2O.C6H7N/c11-10(13)8-3-4-9-7(6-8)2-1-5-12-9;1-6-4-2-3-5-7-6/h1-6H,(H2,11,13);2-5H,1H3. The second-order valence-electron chi connectivity index (χ2n) is 4.25. The van der Waals surface area contributed by atoms with Gasteiger partial charge in [0, 0.05) is 29.0 Å².